The number of alkyl halides is 3. The molecule has 114 valence electrons. The summed E-state index contributed by atoms with van der Waals surface area (Å²) < 4.78 is 38.0. The topological polar surface area (TPSA) is 33.2 Å². The monoisotopic (exact) mass is 306 g/mol. The molecule has 0 aliphatic carbocycles. The molecule has 0 bridgehead atoms. The zero-order valence-corrected chi connectivity index (χ0v) is 11.6. The molecule has 0 saturated carbocycles. The van der Waals surface area contributed by atoms with Crippen molar-refractivity contribution in [2.75, 3.05) is 0 Å². The number of benzene rings is 1. The summed E-state index contributed by atoms with van der Waals surface area (Å²) in [5.74, 6) is -0.197. The molecule has 0 unspecified atom stereocenters. The molecule has 3 nitrogen and oxygen atoms in total. The second-order valence-corrected chi connectivity index (χ2v) is 5.23. The summed E-state index contributed by atoms with van der Waals surface area (Å²) >= 11 is 0. The number of carbonyl (C=O) groups is 1. The van der Waals surface area contributed by atoms with Gasteiger partial charge >= 0.3 is 6.18 Å². The first-order chi connectivity index (χ1) is 10.4. The highest BCUT2D eigenvalue weighted by atomic mass is 19.4. The molecule has 2 aromatic rings. The SMILES string of the molecule is O=C(Cc1cccc(C(F)(F)F)c1)N1Cc2cccnc2C1. The molecule has 0 radical (unpaired) electrons. The molecule has 22 heavy (non-hydrogen) atoms. The lowest BCUT2D eigenvalue weighted by molar-refractivity contribution is -0.138. The molecule has 2 heterocycles. The first-order valence-electron chi connectivity index (χ1n) is 6.80. The van der Waals surface area contributed by atoms with Crippen LogP contribution in [0.15, 0.2) is 42.6 Å². The predicted molar refractivity (Wildman–Crippen MR) is 73.6 cm³/mol. The third-order valence-electron chi connectivity index (χ3n) is 3.65. The van der Waals surface area contributed by atoms with E-state index in [0.717, 1.165) is 23.4 Å². The number of amides is 1. The Bertz CT molecular complexity index is 688. The van der Waals surface area contributed by atoms with Crippen LogP contribution in [0.25, 0.3) is 0 Å². The van der Waals surface area contributed by atoms with Crippen molar-refractivity contribution >= 4 is 5.91 Å². The lowest BCUT2D eigenvalue weighted by Crippen LogP contribution is -2.27. The molecule has 1 amide bonds. The third kappa shape index (κ3) is 2.95. The van der Waals surface area contributed by atoms with E-state index in [-0.39, 0.29) is 12.3 Å². The van der Waals surface area contributed by atoms with Crippen molar-refractivity contribution in [1.82, 2.24) is 9.88 Å². The predicted octanol–water partition coefficient (Wildman–Crippen LogP) is 3.19. The summed E-state index contributed by atoms with van der Waals surface area (Å²) in [4.78, 5) is 18.1. The maximum absolute atomic E-state index is 12.7. The number of hydrogen-bond acceptors (Lipinski definition) is 2. The molecule has 1 aromatic carbocycles. The van der Waals surface area contributed by atoms with Crippen LogP contribution in [0.2, 0.25) is 0 Å². The Kier molecular flexibility index (Phi) is 3.60. The van der Waals surface area contributed by atoms with E-state index in [1.807, 2.05) is 6.07 Å². The average Bonchev–Trinajstić information content (AvgIpc) is 2.90. The van der Waals surface area contributed by atoms with Gasteiger partial charge in [-0.3, -0.25) is 9.78 Å². The van der Waals surface area contributed by atoms with Crippen molar-refractivity contribution in [3.8, 4) is 0 Å². The van der Waals surface area contributed by atoms with Crippen LogP contribution in [0.1, 0.15) is 22.4 Å². The second-order valence-electron chi connectivity index (χ2n) is 5.23. The normalized spacial score (nSPS) is 14.0. The summed E-state index contributed by atoms with van der Waals surface area (Å²) in [5.41, 5.74) is 1.47. The van der Waals surface area contributed by atoms with Gasteiger partial charge in [0.2, 0.25) is 5.91 Å². The lowest BCUT2D eigenvalue weighted by Gasteiger charge is -2.15. The van der Waals surface area contributed by atoms with Crippen LogP contribution in [-0.2, 0) is 30.5 Å². The number of halogens is 3. The molecular weight excluding hydrogens is 293 g/mol. The Morgan fingerprint density at radius 2 is 2.00 bits per heavy atom. The minimum Gasteiger partial charge on any atom is -0.332 e. The quantitative estimate of drug-likeness (QED) is 0.854. The minimum atomic E-state index is -4.40. The second kappa shape index (κ2) is 5.44. The van der Waals surface area contributed by atoms with Crippen LogP contribution in [0.5, 0.6) is 0 Å². The summed E-state index contributed by atoms with van der Waals surface area (Å²) in [6, 6.07) is 8.60. The van der Waals surface area contributed by atoms with Gasteiger partial charge in [-0.2, -0.15) is 13.2 Å². The number of carbonyl (C=O) groups excluding carboxylic acids is 1. The van der Waals surface area contributed by atoms with Crippen LogP contribution < -0.4 is 0 Å². The molecule has 3 rings (SSSR count). The molecular formula is C16H13F3N2O. The van der Waals surface area contributed by atoms with Crippen LogP contribution in [0, 0.1) is 0 Å². The number of rotatable bonds is 2. The number of nitrogens with zero attached hydrogens (tertiary/aromatic N) is 2. The fraction of sp³-hybridized carbons (Fsp3) is 0.250. The maximum atomic E-state index is 12.7. The van der Waals surface area contributed by atoms with Crippen molar-refractivity contribution in [3.05, 3.63) is 65.0 Å². The molecule has 0 spiro atoms. The fourth-order valence-corrected chi connectivity index (χ4v) is 2.52. The largest absolute Gasteiger partial charge is 0.416 e. The van der Waals surface area contributed by atoms with Crippen molar-refractivity contribution in [1.29, 1.82) is 0 Å². The van der Waals surface area contributed by atoms with Crippen molar-refractivity contribution in [3.63, 3.8) is 0 Å². The van der Waals surface area contributed by atoms with Gasteiger partial charge < -0.3 is 4.90 Å². The number of pyridine rings is 1. The Labute approximate surface area is 125 Å². The number of fused-ring (bicyclic) bond motifs is 1. The van der Waals surface area contributed by atoms with Gasteiger partial charge in [0.05, 0.1) is 24.2 Å². The maximum Gasteiger partial charge on any atom is 0.416 e. The van der Waals surface area contributed by atoms with E-state index in [4.69, 9.17) is 0 Å². The van der Waals surface area contributed by atoms with Gasteiger partial charge in [0.25, 0.3) is 0 Å². The van der Waals surface area contributed by atoms with Crippen LogP contribution >= 0.6 is 0 Å². The smallest absolute Gasteiger partial charge is 0.332 e. The van der Waals surface area contributed by atoms with Crippen LogP contribution in [0.3, 0.4) is 0 Å². The van der Waals surface area contributed by atoms with Crippen molar-refractivity contribution in [2.24, 2.45) is 0 Å². The highest BCUT2D eigenvalue weighted by molar-refractivity contribution is 5.79. The van der Waals surface area contributed by atoms with Crippen molar-refractivity contribution in [2.45, 2.75) is 25.7 Å². The van der Waals surface area contributed by atoms with E-state index in [9.17, 15) is 18.0 Å². The van der Waals surface area contributed by atoms with Gasteiger partial charge in [-0.25, -0.2) is 0 Å². The molecule has 0 N–H and O–H groups in total. The Morgan fingerprint density at radius 3 is 2.73 bits per heavy atom. The van der Waals surface area contributed by atoms with Gasteiger partial charge in [0.15, 0.2) is 0 Å². The fourth-order valence-electron chi connectivity index (χ4n) is 2.52. The molecule has 1 aliphatic heterocycles. The minimum absolute atomic E-state index is 0.0437. The van der Waals surface area contributed by atoms with Crippen LogP contribution in [-0.4, -0.2) is 15.8 Å². The molecule has 1 aliphatic rings. The van der Waals surface area contributed by atoms with E-state index >= 15 is 0 Å². The molecule has 1 aromatic heterocycles. The lowest BCUT2D eigenvalue weighted by atomic mass is 10.1. The van der Waals surface area contributed by atoms with Gasteiger partial charge in [-0.1, -0.05) is 24.3 Å². The van der Waals surface area contributed by atoms with Gasteiger partial charge in [-0.15, -0.1) is 0 Å². The van der Waals surface area contributed by atoms with E-state index in [2.05, 4.69) is 4.98 Å². The average molecular weight is 306 g/mol. The van der Waals surface area contributed by atoms with Crippen molar-refractivity contribution < 1.29 is 18.0 Å². The summed E-state index contributed by atoms with van der Waals surface area (Å²) in [5, 5.41) is 0. The Morgan fingerprint density at radius 1 is 1.18 bits per heavy atom. The van der Waals surface area contributed by atoms with Gasteiger partial charge in [-0.05, 0) is 23.3 Å². The van der Waals surface area contributed by atoms with Gasteiger partial charge in [0.1, 0.15) is 0 Å². The Hall–Kier alpha value is -2.37. The van der Waals surface area contributed by atoms with E-state index in [1.54, 1.807) is 17.2 Å². The van der Waals surface area contributed by atoms with E-state index in [1.165, 1.54) is 12.1 Å². The summed E-state index contributed by atoms with van der Waals surface area (Å²) in [7, 11) is 0. The van der Waals surface area contributed by atoms with E-state index < -0.39 is 11.7 Å². The van der Waals surface area contributed by atoms with Gasteiger partial charge in [0, 0.05) is 12.7 Å². The summed E-state index contributed by atoms with van der Waals surface area (Å²) in [6.45, 7) is 0.870. The highest BCUT2D eigenvalue weighted by Gasteiger charge is 2.31. The zero-order chi connectivity index (χ0) is 15.7. The highest BCUT2D eigenvalue weighted by Crippen LogP contribution is 2.30. The standard InChI is InChI=1S/C16H13F3N2O/c17-16(18,19)13-5-1-3-11(7-13)8-15(22)21-9-12-4-2-6-20-14(12)10-21/h1-7H,8-10H2. The number of aromatic nitrogens is 1. The van der Waals surface area contributed by atoms with Crippen LogP contribution in [0.4, 0.5) is 13.2 Å². The summed E-state index contributed by atoms with van der Waals surface area (Å²) in [6.07, 6.45) is -2.77. The first kappa shape index (κ1) is 14.6. The molecule has 0 fully saturated rings. The first-order valence-corrected chi connectivity index (χ1v) is 6.80. The molecule has 0 atom stereocenters. The molecule has 6 heteroatoms. The number of hydrogen-bond donors (Lipinski definition) is 0. The molecule has 0 saturated heterocycles. The Balaban J connectivity index is 1.71. The van der Waals surface area contributed by atoms with E-state index in [0.29, 0.717) is 18.7 Å². The zero-order valence-electron chi connectivity index (χ0n) is 11.6. The third-order valence-corrected chi connectivity index (χ3v) is 3.65.